The molecule has 0 aliphatic heterocycles. The van der Waals surface area contributed by atoms with E-state index in [1.807, 2.05) is 30.3 Å². The Morgan fingerprint density at radius 1 is 1.08 bits per heavy atom. The second kappa shape index (κ2) is 8.06. The van der Waals surface area contributed by atoms with E-state index >= 15 is 0 Å². The average molecular weight is 351 g/mol. The van der Waals surface area contributed by atoms with Gasteiger partial charge in [-0.2, -0.15) is 4.98 Å². The third-order valence-corrected chi connectivity index (χ3v) is 3.56. The summed E-state index contributed by atoms with van der Waals surface area (Å²) in [6.45, 7) is 1.70. The van der Waals surface area contributed by atoms with E-state index in [0.29, 0.717) is 22.8 Å². The summed E-state index contributed by atoms with van der Waals surface area (Å²) in [7, 11) is 0. The maximum absolute atomic E-state index is 12.1. The molecule has 0 radical (unpaired) electrons. The Morgan fingerprint density at radius 3 is 2.46 bits per heavy atom. The molecule has 7 nitrogen and oxygen atoms in total. The largest absolute Gasteiger partial charge is 0.460 e. The normalized spacial score (nSPS) is 10.3. The van der Waals surface area contributed by atoms with Crippen molar-refractivity contribution < 1.29 is 18.8 Å². The van der Waals surface area contributed by atoms with Gasteiger partial charge in [0.25, 0.3) is 11.8 Å². The number of nitrogens with one attached hydrogen (secondary N) is 1. The lowest BCUT2D eigenvalue weighted by Gasteiger charge is -2.07. The molecular formula is C19H17N3O4. The first-order valence-corrected chi connectivity index (χ1v) is 8.00. The van der Waals surface area contributed by atoms with Crippen LogP contribution in [0.1, 0.15) is 21.7 Å². The van der Waals surface area contributed by atoms with Gasteiger partial charge in [-0.15, -0.1) is 0 Å². The van der Waals surface area contributed by atoms with Crippen molar-refractivity contribution in [3.63, 3.8) is 0 Å². The van der Waals surface area contributed by atoms with E-state index < -0.39 is 5.97 Å². The van der Waals surface area contributed by atoms with E-state index in [4.69, 9.17) is 9.26 Å². The minimum Gasteiger partial charge on any atom is -0.460 e. The van der Waals surface area contributed by atoms with Crippen LogP contribution in [-0.4, -0.2) is 28.6 Å². The molecule has 0 saturated carbocycles. The van der Waals surface area contributed by atoms with Crippen LogP contribution >= 0.6 is 0 Å². The van der Waals surface area contributed by atoms with Gasteiger partial charge in [0.2, 0.25) is 0 Å². The Hall–Kier alpha value is -3.48. The maximum Gasteiger partial charge on any atom is 0.325 e. The van der Waals surface area contributed by atoms with Gasteiger partial charge in [0.1, 0.15) is 13.2 Å². The first-order valence-electron chi connectivity index (χ1n) is 8.00. The fourth-order valence-corrected chi connectivity index (χ4v) is 2.22. The van der Waals surface area contributed by atoms with Crippen molar-refractivity contribution in [2.75, 3.05) is 6.54 Å². The Kier molecular flexibility index (Phi) is 5.38. The van der Waals surface area contributed by atoms with Crippen molar-refractivity contribution in [1.29, 1.82) is 0 Å². The molecule has 0 atom stereocenters. The molecule has 0 bridgehead atoms. The molecule has 0 saturated heterocycles. The maximum atomic E-state index is 12.1. The minimum atomic E-state index is -0.500. The quantitative estimate of drug-likeness (QED) is 0.686. The molecule has 26 heavy (non-hydrogen) atoms. The lowest BCUT2D eigenvalue weighted by molar-refractivity contribution is -0.143. The standard InChI is InChI=1S/C19H17N3O4/c1-13-21-19(26-22-13)16-9-7-15(8-10-16)18(24)20-11-17(23)25-12-14-5-3-2-4-6-14/h2-10H,11-12H2,1H3,(H,20,24). The molecule has 0 unspecified atom stereocenters. The Morgan fingerprint density at radius 2 is 1.81 bits per heavy atom. The molecule has 1 N–H and O–H groups in total. The van der Waals surface area contributed by atoms with Crippen molar-refractivity contribution in [2.45, 2.75) is 13.5 Å². The van der Waals surface area contributed by atoms with Gasteiger partial charge < -0.3 is 14.6 Å². The Bertz CT molecular complexity index is 889. The van der Waals surface area contributed by atoms with Gasteiger partial charge in [0.15, 0.2) is 5.82 Å². The molecule has 3 rings (SSSR count). The number of amides is 1. The number of carbonyl (C=O) groups excluding carboxylic acids is 2. The molecule has 0 aliphatic rings. The van der Waals surface area contributed by atoms with Crippen LogP contribution in [0.5, 0.6) is 0 Å². The third-order valence-electron chi connectivity index (χ3n) is 3.56. The number of nitrogens with zero attached hydrogens (tertiary/aromatic N) is 2. The molecule has 1 heterocycles. The smallest absolute Gasteiger partial charge is 0.325 e. The fourth-order valence-electron chi connectivity index (χ4n) is 2.22. The van der Waals surface area contributed by atoms with E-state index in [1.54, 1.807) is 31.2 Å². The van der Waals surface area contributed by atoms with E-state index in [2.05, 4.69) is 15.5 Å². The number of aryl methyl sites for hydroxylation is 1. The van der Waals surface area contributed by atoms with E-state index in [0.717, 1.165) is 5.56 Å². The topological polar surface area (TPSA) is 94.3 Å². The summed E-state index contributed by atoms with van der Waals surface area (Å²) in [5.41, 5.74) is 2.02. The van der Waals surface area contributed by atoms with Crippen molar-refractivity contribution in [1.82, 2.24) is 15.5 Å². The SMILES string of the molecule is Cc1noc(-c2ccc(C(=O)NCC(=O)OCc3ccccc3)cc2)n1. The van der Waals surface area contributed by atoms with Crippen LogP contribution in [0, 0.1) is 6.92 Å². The first-order chi connectivity index (χ1) is 12.6. The summed E-state index contributed by atoms with van der Waals surface area (Å²) in [6, 6.07) is 16.0. The summed E-state index contributed by atoms with van der Waals surface area (Å²) >= 11 is 0. The average Bonchev–Trinajstić information content (AvgIpc) is 3.12. The summed E-state index contributed by atoms with van der Waals surface area (Å²) in [6.07, 6.45) is 0. The zero-order valence-corrected chi connectivity index (χ0v) is 14.1. The number of benzene rings is 2. The number of aromatic nitrogens is 2. The highest BCUT2D eigenvalue weighted by Crippen LogP contribution is 2.17. The van der Waals surface area contributed by atoms with Gasteiger partial charge in [-0.25, -0.2) is 0 Å². The van der Waals surface area contributed by atoms with E-state index in [-0.39, 0.29) is 19.1 Å². The predicted octanol–water partition coefficient (Wildman–Crippen LogP) is 2.52. The molecule has 0 fully saturated rings. The Labute approximate surface area is 150 Å². The molecule has 132 valence electrons. The number of carbonyl (C=O) groups is 2. The van der Waals surface area contributed by atoms with Crippen LogP contribution in [-0.2, 0) is 16.1 Å². The summed E-state index contributed by atoms with van der Waals surface area (Å²) in [5.74, 6) is 0.0601. The molecular weight excluding hydrogens is 334 g/mol. The van der Waals surface area contributed by atoms with Crippen LogP contribution in [0.4, 0.5) is 0 Å². The summed E-state index contributed by atoms with van der Waals surface area (Å²) < 4.78 is 10.2. The molecule has 1 aromatic heterocycles. The fraction of sp³-hybridized carbons (Fsp3) is 0.158. The molecule has 1 amide bonds. The van der Waals surface area contributed by atoms with Gasteiger partial charge in [-0.3, -0.25) is 9.59 Å². The monoisotopic (exact) mass is 351 g/mol. The zero-order valence-electron chi connectivity index (χ0n) is 14.1. The number of hydrogen-bond acceptors (Lipinski definition) is 6. The van der Waals surface area contributed by atoms with Gasteiger partial charge in [0.05, 0.1) is 0 Å². The van der Waals surface area contributed by atoms with Gasteiger partial charge in [-0.1, -0.05) is 35.5 Å². The number of ether oxygens (including phenoxy) is 1. The van der Waals surface area contributed by atoms with Crippen molar-refractivity contribution in [2.24, 2.45) is 0 Å². The predicted molar refractivity (Wildman–Crippen MR) is 93.0 cm³/mol. The van der Waals surface area contributed by atoms with Gasteiger partial charge >= 0.3 is 5.97 Å². The third kappa shape index (κ3) is 4.54. The van der Waals surface area contributed by atoms with Crippen LogP contribution < -0.4 is 5.32 Å². The molecule has 7 heteroatoms. The minimum absolute atomic E-state index is 0.174. The van der Waals surface area contributed by atoms with Crippen molar-refractivity contribution in [3.8, 4) is 11.5 Å². The molecule has 3 aromatic rings. The van der Waals surface area contributed by atoms with E-state index in [1.165, 1.54) is 0 Å². The van der Waals surface area contributed by atoms with Crippen molar-refractivity contribution >= 4 is 11.9 Å². The van der Waals surface area contributed by atoms with Crippen LogP contribution in [0.2, 0.25) is 0 Å². The van der Waals surface area contributed by atoms with Crippen LogP contribution in [0.3, 0.4) is 0 Å². The lowest BCUT2D eigenvalue weighted by Crippen LogP contribution is -2.30. The van der Waals surface area contributed by atoms with Gasteiger partial charge in [0, 0.05) is 11.1 Å². The number of rotatable bonds is 6. The van der Waals surface area contributed by atoms with Crippen molar-refractivity contribution in [3.05, 3.63) is 71.5 Å². The zero-order chi connectivity index (χ0) is 18.4. The second-order valence-corrected chi connectivity index (χ2v) is 5.55. The van der Waals surface area contributed by atoms with E-state index in [9.17, 15) is 9.59 Å². The highest BCUT2D eigenvalue weighted by molar-refractivity contribution is 5.96. The molecule has 2 aromatic carbocycles. The second-order valence-electron chi connectivity index (χ2n) is 5.55. The highest BCUT2D eigenvalue weighted by Gasteiger charge is 2.11. The first kappa shape index (κ1) is 17.3. The van der Waals surface area contributed by atoms with Crippen LogP contribution in [0.25, 0.3) is 11.5 Å². The lowest BCUT2D eigenvalue weighted by atomic mass is 10.1. The number of hydrogen-bond donors (Lipinski definition) is 1. The molecule has 0 aliphatic carbocycles. The van der Waals surface area contributed by atoms with Gasteiger partial charge in [-0.05, 0) is 36.8 Å². The Balaban J connectivity index is 1.49. The summed E-state index contributed by atoms with van der Waals surface area (Å²) in [4.78, 5) is 28.0. The summed E-state index contributed by atoms with van der Waals surface area (Å²) in [5, 5.41) is 6.26. The highest BCUT2D eigenvalue weighted by atomic mass is 16.5. The molecule has 0 spiro atoms. The number of esters is 1. The van der Waals surface area contributed by atoms with Crippen LogP contribution in [0.15, 0.2) is 59.1 Å².